The van der Waals surface area contributed by atoms with Gasteiger partial charge in [-0.25, -0.2) is 0 Å². The molecule has 2 saturated heterocycles. The molecule has 30 heavy (non-hydrogen) atoms. The van der Waals surface area contributed by atoms with Crippen LogP contribution < -0.4 is 0 Å². The summed E-state index contributed by atoms with van der Waals surface area (Å²) >= 11 is 0. The molecule has 0 saturated carbocycles. The predicted octanol–water partition coefficient (Wildman–Crippen LogP) is 1.18. The van der Waals surface area contributed by atoms with Crippen LogP contribution in [-0.4, -0.2) is 31.2 Å². The van der Waals surface area contributed by atoms with Gasteiger partial charge in [0.2, 0.25) is 0 Å². The fourth-order valence-electron chi connectivity index (χ4n) is 3.07. The Kier molecular flexibility index (Phi) is 50.2. The number of ketones is 1. The van der Waals surface area contributed by atoms with E-state index in [1.54, 1.807) is 7.11 Å². The van der Waals surface area contributed by atoms with Gasteiger partial charge in [-0.1, -0.05) is 12.8 Å². The summed E-state index contributed by atoms with van der Waals surface area (Å²) in [5.41, 5.74) is -0.685. The van der Waals surface area contributed by atoms with Crippen LogP contribution in [-0.2, 0) is 75.7 Å². The first kappa shape index (κ1) is 46.7. The molecule has 11 heteroatoms. The Morgan fingerprint density at radius 3 is 1.67 bits per heavy atom. The molecular weight excluding hydrogens is 490 g/mol. The van der Waals surface area contributed by atoms with Gasteiger partial charge >= 0.3 is 67.8 Å². The summed E-state index contributed by atoms with van der Waals surface area (Å²) in [4.78, 5) is 12.4. The molecule has 2 heterocycles. The van der Waals surface area contributed by atoms with Crippen LogP contribution >= 0.6 is 0 Å². The van der Waals surface area contributed by atoms with Gasteiger partial charge in [-0.3, -0.25) is 4.79 Å². The smallest absolute Gasteiger partial charge is 0 e. The van der Waals surface area contributed by atoms with Crippen molar-refractivity contribution >= 4 is 5.78 Å². The maximum atomic E-state index is 12.4. The van der Waals surface area contributed by atoms with E-state index >= 15 is 0 Å². The summed E-state index contributed by atoms with van der Waals surface area (Å²) in [6.07, 6.45) is 6.82. The van der Waals surface area contributed by atoms with Crippen molar-refractivity contribution in [1.82, 2.24) is 0 Å². The molecule has 0 aromatic rings. The van der Waals surface area contributed by atoms with Crippen molar-refractivity contribution in [1.29, 1.82) is 0 Å². The first-order valence-corrected chi connectivity index (χ1v) is 6.96. The molecule has 2 rings (SSSR count). The van der Waals surface area contributed by atoms with Crippen molar-refractivity contribution in [2.75, 3.05) is 7.11 Å². The zero-order valence-corrected chi connectivity index (χ0v) is 18.2. The third-order valence-electron chi connectivity index (χ3n) is 4.16. The Balaban J connectivity index is -0.0000000657. The topological polar surface area (TPSA) is 155 Å². The van der Waals surface area contributed by atoms with Gasteiger partial charge in [-0.15, -0.1) is 6.42 Å². The molecule has 0 amide bonds. The monoisotopic (exact) mass is 508 g/mol. The van der Waals surface area contributed by atoms with Crippen LogP contribution in [0.5, 0.6) is 0 Å². The number of methoxy groups -OCH3 is 1. The Morgan fingerprint density at radius 2 is 1.37 bits per heavy atom. The molecule has 166 valence electrons. The van der Waals surface area contributed by atoms with E-state index in [1.807, 2.05) is 13.8 Å². The standard InChI is InChI=1S/C13H18O3.6CO.2Co/c1-5-10(15-4)13(3)11-7-6-9(16-11)8(2)12(13)14;6*1-2;;/h1,8-11H,6-7H2,2-4H3;;;;;;;;/t8-,9+,10+,11-,13-;;;;;;;;/m0......../s1. The van der Waals surface area contributed by atoms with Gasteiger partial charge in [0, 0.05) is 46.6 Å². The summed E-state index contributed by atoms with van der Waals surface area (Å²) < 4.78 is 56.2. The zero-order valence-electron chi connectivity index (χ0n) is 16.1. The van der Waals surface area contributed by atoms with Crippen molar-refractivity contribution in [2.24, 2.45) is 11.3 Å². The molecule has 2 aliphatic rings. The van der Waals surface area contributed by atoms with Crippen molar-refractivity contribution in [3.63, 3.8) is 0 Å². The third-order valence-corrected chi connectivity index (χ3v) is 4.16. The number of terminal acetylenes is 1. The minimum Gasteiger partial charge on any atom is 0 e. The summed E-state index contributed by atoms with van der Waals surface area (Å²) in [6, 6.07) is 0. The fraction of sp³-hybridized carbons (Fsp3) is 0.526. The number of carbonyl (C=O) groups excluding carboxylic acids is 1. The van der Waals surface area contributed by atoms with E-state index in [4.69, 9.17) is 43.8 Å². The number of hydrogen-bond donors (Lipinski definition) is 0. The number of carbonyl (C=O) groups is 1. The number of hydrogen-bond acceptors (Lipinski definition) is 3. The number of ether oxygens (including phenoxy) is 2. The van der Waals surface area contributed by atoms with Crippen LogP contribution in [0.1, 0.15) is 26.7 Å². The van der Waals surface area contributed by atoms with Crippen LogP contribution in [0, 0.1) is 63.6 Å². The van der Waals surface area contributed by atoms with E-state index in [1.165, 1.54) is 0 Å². The van der Waals surface area contributed by atoms with Gasteiger partial charge in [0.25, 0.3) is 0 Å². The Labute approximate surface area is 197 Å². The molecule has 0 aliphatic carbocycles. The maximum absolute atomic E-state index is 12.4. The molecule has 0 unspecified atom stereocenters. The van der Waals surface area contributed by atoms with Crippen LogP contribution in [0.3, 0.4) is 0 Å². The second-order valence-electron chi connectivity index (χ2n) is 4.96. The van der Waals surface area contributed by atoms with Crippen molar-refractivity contribution in [3.8, 4) is 12.3 Å². The summed E-state index contributed by atoms with van der Waals surface area (Å²) in [7, 11) is 1.55. The maximum Gasteiger partial charge on any atom is 0 e. The molecule has 0 aromatic heterocycles. The normalized spacial score (nSPS) is 23.9. The second kappa shape index (κ2) is 32.3. The van der Waals surface area contributed by atoms with Crippen molar-refractivity contribution in [3.05, 3.63) is 39.9 Å². The van der Waals surface area contributed by atoms with Gasteiger partial charge in [0.15, 0.2) is 0 Å². The van der Waals surface area contributed by atoms with Crippen LogP contribution in [0.4, 0.5) is 0 Å². The minimum absolute atomic E-state index is 0. The van der Waals surface area contributed by atoms with E-state index < -0.39 is 11.5 Å². The quantitative estimate of drug-likeness (QED) is 0.313. The van der Waals surface area contributed by atoms with Gasteiger partial charge in [-0.05, 0) is 19.8 Å². The van der Waals surface area contributed by atoms with E-state index in [2.05, 4.69) is 45.8 Å². The van der Waals surface area contributed by atoms with Gasteiger partial charge in [-0.2, -0.15) is 0 Å². The number of rotatable bonds is 2. The zero-order chi connectivity index (χ0) is 23.9. The van der Waals surface area contributed by atoms with Crippen LogP contribution in [0.15, 0.2) is 0 Å². The van der Waals surface area contributed by atoms with E-state index in [-0.39, 0.29) is 57.5 Å². The second-order valence-corrected chi connectivity index (χ2v) is 4.96. The molecule has 2 bridgehead atoms. The van der Waals surface area contributed by atoms with Gasteiger partial charge in [0.1, 0.15) is 11.9 Å². The molecule has 2 fully saturated rings. The van der Waals surface area contributed by atoms with Gasteiger partial charge < -0.3 is 9.47 Å². The van der Waals surface area contributed by atoms with Gasteiger partial charge in [0.05, 0.1) is 17.6 Å². The molecule has 0 spiro atoms. The Bertz CT molecular complexity index is 540. The largest absolute Gasteiger partial charge is 0 e. The third kappa shape index (κ3) is 12.3. The van der Waals surface area contributed by atoms with Crippen LogP contribution in [0.25, 0.3) is 0 Å². The molecule has 0 N–H and O–H groups in total. The summed E-state index contributed by atoms with van der Waals surface area (Å²) in [5, 5.41) is 0. The Morgan fingerprint density at radius 1 is 1.00 bits per heavy atom. The van der Waals surface area contributed by atoms with E-state index in [0.29, 0.717) is 0 Å². The molecule has 2 aliphatic heterocycles. The van der Waals surface area contributed by atoms with Crippen molar-refractivity contribution < 1.29 is 75.7 Å². The summed E-state index contributed by atoms with van der Waals surface area (Å²) in [6.45, 7) is 30.8. The average molecular weight is 508 g/mol. The summed E-state index contributed by atoms with van der Waals surface area (Å²) in [5.74, 6) is 2.69. The van der Waals surface area contributed by atoms with Crippen LogP contribution in [0.2, 0.25) is 0 Å². The molecular formula is C19H18Co2O9. The van der Waals surface area contributed by atoms with E-state index in [9.17, 15) is 4.79 Å². The SMILES string of the molecule is C#C[C@@H](OC)[C@]1(C)C(=O)[C@@H](C)[C@H]2CC[C@@H]1O2.[C-]#[O+].[C-]#[O+].[C-]#[O+].[C-]#[O+].[C-]#[O+].[C-]#[O+].[Co].[Co]. The van der Waals surface area contributed by atoms with E-state index in [0.717, 1.165) is 12.8 Å². The number of fused-ring (bicyclic) bond motifs is 2. The average Bonchev–Trinajstić information content (AvgIpc) is 3.29. The fourth-order valence-corrected chi connectivity index (χ4v) is 3.07. The Hall–Kier alpha value is -1.40. The van der Waals surface area contributed by atoms with Crippen molar-refractivity contribution in [2.45, 2.75) is 45.0 Å². The molecule has 5 atom stereocenters. The minimum atomic E-state index is -0.685. The first-order valence-electron chi connectivity index (χ1n) is 6.96. The number of Topliss-reactive ketones (excluding diaryl/α,β-unsaturated/α-hetero) is 1. The first-order chi connectivity index (χ1) is 13.6. The predicted molar refractivity (Wildman–Crippen MR) is 83.4 cm³/mol. The molecule has 2 radical (unpaired) electrons. The molecule has 0 aromatic carbocycles. The molecule has 9 nitrogen and oxygen atoms in total.